The number of rotatable bonds is 18. The number of nitrogens with one attached hydrogen (secondary N) is 3. The van der Waals surface area contributed by atoms with Crippen LogP contribution in [0.15, 0.2) is 4.99 Å². The lowest BCUT2D eigenvalue weighted by Gasteiger charge is -2.28. The van der Waals surface area contributed by atoms with E-state index in [2.05, 4.69) is 20.9 Å². The van der Waals surface area contributed by atoms with Crippen LogP contribution < -0.4 is 38.9 Å². The lowest BCUT2D eigenvalue weighted by molar-refractivity contribution is -0.149. The number of guanidine groups is 1. The van der Waals surface area contributed by atoms with E-state index in [1.165, 1.54) is 11.8 Å². The van der Waals surface area contributed by atoms with Gasteiger partial charge in [-0.15, -0.1) is 0 Å². The van der Waals surface area contributed by atoms with E-state index in [9.17, 15) is 29.1 Å². The molecule has 0 aromatic rings. The predicted octanol–water partition coefficient (Wildman–Crippen LogP) is -1.91. The molecule has 234 valence electrons. The molecule has 1 heterocycles. The van der Waals surface area contributed by atoms with E-state index in [4.69, 9.17) is 22.9 Å². The van der Waals surface area contributed by atoms with Crippen LogP contribution >= 0.6 is 0 Å². The SMILES string of the molecule is CC(C)C[C@H](N)C(=O)N[C@@H](CCCN=C(N)N)C(=O)N[C@@H](C)C(=O)N[C@@H](CCCCN)C(=O)N1CCC[C@H]1C(=O)O. The third-order valence-corrected chi connectivity index (χ3v) is 6.77. The summed E-state index contributed by atoms with van der Waals surface area (Å²) in [6, 6.07) is -4.81. The van der Waals surface area contributed by atoms with Crippen molar-refractivity contribution in [3.63, 3.8) is 0 Å². The van der Waals surface area contributed by atoms with Crippen LogP contribution in [0.5, 0.6) is 0 Å². The number of nitrogens with zero attached hydrogens (tertiary/aromatic N) is 2. The Morgan fingerprint density at radius 2 is 1.56 bits per heavy atom. The van der Waals surface area contributed by atoms with E-state index in [0.717, 1.165) is 0 Å². The van der Waals surface area contributed by atoms with E-state index in [0.29, 0.717) is 45.1 Å². The largest absolute Gasteiger partial charge is 0.480 e. The molecule has 0 bridgehead atoms. The number of carbonyl (C=O) groups excluding carboxylic acids is 4. The molecule has 1 aliphatic heterocycles. The molecule has 4 amide bonds. The normalized spacial score (nSPS) is 17.7. The summed E-state index contributed by atoms with van der Waals surface area (Å²) in [6.07, 6.45) is 3.30. The minimum atomic E-state index is -1.09. The van der Waals surface area contributed by atoms with Crippen molar-refractivity contribution in [1.82, 2.24) is 20.9 Å². The van der Waals surface area contributed by atoms with Crippen LogP contribution in [-0.4, -0.2) is 95.4 Å². The zero-order valence-electron chi connectivity index (χ0n) is 24.4. The third kappa shape index (κ3) is 12.7. The Balaban J connectivity index is 2.94. The zero-order chi connectivity index (χ0) is 31.1. The van der Waals surface area contributed by atoms with Gasteiger partial charge in [0.1, 0.15) is 24.2 Å². The first-order valence-electron chi connectivity index (χ1n) is 14.2. The predicted molar refractivity (Wildman–Crippen MR) is 154 cm³/mol. The molecule has 5 atom stereocenters. The lowest BCUT2D eigenvalue weighted by Crippen LogP contribution is -2.57. The number of aliphatic carboxylic acids is 1. The number of likely N-dealkylation sites (tertiary alicyclic amines) is 1. The van der Waals surface area contributed by atoms with Crippen molar-refractivity contribution in [2.45, 2.75) is 102 Å². The summed E-state index contributed by atoms with van der Waals surface area (Å²) >= 11 is 0. The van der Waals surface area contributed by atoms with Gasteiger partial charge in [0, 0.05) is 13.1 Å². The standard InChI is InChI=1S/C26H49N9O6/c1-15(2)14-17(28)22(37)33-18(9-6-12-31-26(29)30)23(38)32-16(3)21(36)34-19(8-4-5-11-27)24(39)35-13-7-10-20(35)25(40)41/h15-20H,4-14,27-28H2,1-3H3,(H,32,38)(H,33,37)(H,34,36)(H,40,41)(H4,29,30,31)/t16-,17-,18-,19-,20-/m0/s1. The quantitative estimate of drug-likeness (QED) is 0.0504. The van der Waals surface area contributed by atoms with Gasteiger partial charge in [0.15, 0.2) is 5.96 Å². The van der Waals surface area contributed by atoms with Crippen LogP contribution in [0, 0.1) is 5.92 Å². The molecular formula is C26H49N9O6. The van der Waals surface area contributed by atoms with Crippen molar-refractivity contribution in [3.05, 3.63) is 0 Å². The maximum atomic E-state index is 13.2. The van der Waals surface area contributed by atoms with Gasteiger partial charge in [-0.25, -0.2) is 4.79 Å². The Bertz CT molecular complexity index is 925. The first-order valence-corrected chi connectivity index (χ1v) is 14.2. The molecule has 0 aromatic heterocycles. The van der Waals surface area contributed by atoms with Crippen molar-refractivity contribution in [2.24, 2.45) is 33.8 Å². The smallest absolute Gasteiger partial charge is 0.326 e. The molecular weight excluding hydrogens is 534 g/mol. The number of unbranched alkanes of at least 4 members (excludes halogenated alkanes) is 1. The first kappa shape index (κ1) is 35.6. The molecule has 0 spiro atoms. The Hall–Kier alpha value is -3.46. The van der Waals surface area contributed by atoms with Crippen molar-refractivity contribution in [3.8, 4) is 0 Å². The number of amides is 4. The second-order valence-corrected chi connectivity index (χ2v) is 10.8. The summed E-state index contributed by atoms with van der Waals surface area (Å²) in [5.41, 5.74) is 22.3. The van der Waals surface area contributed by atoms with Gasteiger partial charge in [0.05, 0.1) is 6.04 Å². The fraction of sp³-hybridized carbons (Fsp3) is 0.769. The van der Waals surface area contributed by atoms with Crippen molar-refractivity contribution in [2.75, 3.05) is 19.6 Å². The molecule has 1 rings (SSSR count). The van der Waals surface area contributed by atoms with Crippen LogP contribution in [0.25, 0.3) is 0 Å². The fourth-order valence-corrected chi connectivity index (χ4v) is 4.58. The second kappa shape index (κ2) is 18.1. The van der Waals surface area contributed by atoms with Crippen LogP contribution in [0.2, 0.25) is 0 Å². The summed E-state index contributed by atoms with van der Waals surface area (Å²) in [5, 5.41) is 17.4. The highest BCUT2D eigenvalue weighted by Gasteiger charge is 2.38. The monoisotopic (exact) mass is 583 g/mol. The van der Waals surface area contributed by atoms with Crippen molar-refractivity contribution >= 4 is 35.6 Å². The molecule has 0 unspecified atom stereocenters. The highest BCUT2D eigenvalue weighted by Crippen LogP contribution is 2.20. The minimum absolute atomic E-state index is 0.0987. The van der Waals surface area contributed by atoms with Gasteiger partial charge in [-0.2, -0.15) is 0 Å². The summed E-state index contributed by atoms with van der Waals surface area (Å²) in [7, 11) is 0. The Morgan fingerprint density at radius 1 is 0.927 bits per heavy atom. The number of hydrogen-bond acceptors (Lipinski definition) is 8. The van der Waals surface area contributed by atoms with Crippen molar-refractivity contribution < 1.29 is 29.1 Å². The topological polar surface area (TPSA) is 261 Å². The molecule has 0 aromatic carbocycles. The second-order valence-electron chi connectivity index (χ2n) is 10.8. The number of aliphatic imine (C=N–C) groups is 1. The van der Waals surface area contributed by atoms with E-state index >= 15 is 0 Å². The average molecular weight is 584 g/mol. The minimum Gasteiger partial charge on any atom is -0.480 e. The first-order chi connectivity index (χ1) is 19.3. The summed E-state index contributed by atoms with van der Waals surface area (Å²) in [6.45, 7) is 6.22. The van der Waals surface area contributed by atoms with Gasteiger partial charge in [-0.1, -0.05) is 13.8 Å². The lowest BCUT2D eigenvalue weighted by atomic mass is 10.0. The number of nitrogens with two attached hydrogens (primary N) is 4. The molecule has 1 fully saturated rings. The van der Waals surface area contributed by atoms with E-state index in [-0.39, 0.29) is 37.8 Å². The molecule has 41 heavy (non-hydrogen) atoms. The van der Waals surface area contributed by atoms with Crippen LogP contribution in [0.4, 0.5) is 0 Å². The maximum absolute atomic E-state index is 13.2. The summed E-state index contributed by atoms with van der Waals surface area (Å²) in [4.78, 5) is 68.9. The highest BCUT2D eigenvalue weighted by molar-refractivity contribution is 5.95. The molecule has 15 nitrogen and oxygen atoms in total. The number of carboxylic acid groups (broad SMARTS) is 1. The fourth-order valence-electron chi connectivity index (χ4n) is 4.58. The van der Waals surface area contributed by atoms with Crippen LogP contribution in [0.3, 0.4) is 0 Å². The van der Waals surface area contributed by atoms with Crippen LogP contribution in [-0.2, 0) is 24.0 Å². The van der Waals surface area contributed by atoms with Gasteiger partial charge in [0.25, 0.3) is 0 Å². The highest BCUT2D eigenvalue weighted by atomic mass is 16.4. The van der Waals surface area contributed by atoms with Gasteiger partial charge >= 0.3 is 5.97 Å². The van der Waals surface area contributed by atoms with E-state index in [1.807, 2.05) is 13.8 Å². The third-order valence-electron chi connectivity index (χ3n) is 6.77. The van der Waals surface area contributed by atoms with E-state index < -0.39 is 59.8 Å². The van der Waals surface area contributed by atoms with Crippen molar-refractivity contribution in [1.29, 1.82) is 0 Å². The molecule has 0 saturated carbocycles. The molecule has 12 N–H and O–H groups in total. The van der Waals surface area contributed by atoms with E-state index in [1.54, 1.807) is 0 Å². The zero-order valence-corrected chi connectivity index (χ0v) is 24.4. The number of carboxylic acids is 1. The average Bonchev–Trinajstić information content (AvgIpc) is 3.39. The molecule has 15 heteroatoms. The number of carbonyl (C=O) groups is 5. The van der Waals surface area contributed by atoms with Gasteiger partial charge in [-0.05, 0) is 70.8 Å². The molecule has 0 aliphatic carbocycles. The number of hydrogen-bond donors (Lipinski definition) is 8. The Kier molecular flexibility index (Phi) is 15.7. The Labute approximate surface area is 241 Å². The Morgan fingerprint density at radius 3 is 2.15 bits per heavy atom. The summed E-state index contributed by atoms with van der Waals surface area (Å²) in [5.74, 6) is -3.25. The molecule has 0 radical (unpaired) electrons. The molecule has 1 aliphatic rings. The molecule has 1 saturated heterocycles. The maximum Gasteiger partial charge on any atom is 0.326 e. The van der Waals surface area contributed by atoms with Gasteiger partial charge in [0.2, 0.25) is 23.6 Å². The van der Waals surface area contributed by atoms with Gasteiger partial charge in [-0.3, -0.25) is 24.2 Å². The van der Waals surface area contributed by atoms with Crippen LogP contribution in [0.1, 0.15) is 72.1 Å². The van der Waals surface area contributed by atoms with Gasteiger partial charge < -0.3 is 48.9 Å². The summed E-state index contributed by atoms with van der Waals surface area (Å²) < 4.78 is 0.